The molecule has 12 heavy (non-hydrogen) atoms. The standard InChI is InChI=1S/C6H3N3O3/c10-5-3-1-7-2-8-4(3)9-6(11)12-5/h1-2H,(H,7,8,9,11). The Morgan fingerprint density at radius 1 is 1.42 bits per heavy atom. The average Bonchev–Trinajstić information content (AvgIpc) is 2.04. The number of hydrogen-bond acceptors (Lipinski definition) is 5. The number of hydrogen-bond donors (Lipinski definition) is 1. The minimum atomic E-state index is -0.814. The lowest BCUT2D eigenvalue weighted by molar-refractivity contribution is 0.459. The molecule has 0 spiro atoms. The van der Waals surface area contributed by atoms with Crippen LogP contribution in [0.25, 0.3) is 11.0 Å². The van der Waals surface area contributed by atoms with Crippen molar-refractivity contribution in [1.82, 2.24) is 15.0 Å². The molecule has 1 N–H and O–H groups in total. The first-order valence-electron chi connectivity index (χ1n) is 3.10. The Morgan fingerprint density at radius 2 is 2.25 bits per heavy atom. The first-order valence-corrected chi connectivity index (χ1v) is 3.10. The Balaban J connectivity index is 3.09. The van der Waals surface area contributed by atoms with Crippen LogP contribution in [0, 0.1) is 0 Å². The van der Waals surface area contributed by atoms with Gasteiger partial charge < -0.3 is 4.42 Å². The molecule has 0 fully saturated rings. The molecule has 0 unspecified atom stereocenters. The molecule has 6 nitrogen and oxygen atoms in total. The molecule has 0 saturated carbocycles. The van der Waals surface area contributed by atoms with Gasteiger partial charge in [0.05, 0.1) is 0 Å². The molecule has 6 heteroatoms. The summed E-state index contributed by atoms with van der Waals surface area (Å²) >= 11 is 0. The fourth-order valence-electron chi connectivity index (χ4n) is 0.840. The Kier molecular flexibility index (Phi) is 1.26. The van der Waals surface area contributed by atoms with Crippen molar-refractivity contribution in [3.8, 4) is 0 Å². The number of nitrogens with one attached hydrogen (secondary N) is 1. The van der Waals surface area contributed by atoms with Crippen molar-refractivity contribution in [3.63, 3.8) is 0 Å². The molecule has 0 aliphatic heterocycles. The van der Waals surface area contributed by atoms with E-state index < -0.39 is 11.4 Å². The van der Waals surface area contributed by atoms with E-state index in [-0.39, 0.29) is 11.0 Å². The quantitative estimate of drug-likeness (QED) is 0.556. The second-order valence-electron chi connectivity index (χ2n) is 2.09. The van der Waals surface area contributed by atoms with Crippen molar-refractivity contribution >= 4 is 11.0 Å². The van der Waals surface area contributed by atoms with Crippen LogP contribution in [0.3, 0.4) is 0 Å². The van der Waals surface area contributed by atoms with E-state index in [4.69, 9.17) is 0 Å². The van der Waals surface area contributed by atoms with E-state index in [2.05, 4.69) is 19.4 Å². The zero-order valence-electron chi connectivity index (χ0n) is 5.77. The summed E-state index contributed by atoms with van der Waals surface area (Å²) in [6.07, 6.45) is 2.52. The average molecular weight is 165 g/mol. The fourth-order valence-corrected chi connectivity index (χ4v) is 0.840. The van der Waals surface area contributed by atoms with Crippen LogP contribution in [-0.2, 0) is 0 Å². The largest absolute Gasteiger partial charge is 0.420 e. The molecule has 0 amide bonds. The molecule has 2 aromatic heterocycles. The SMILES string of the molecule is O=c1[nH]c2ncncc2c(=O)o1. The normalized spacial score (nSPS) is 10.3. The summed E-state index contributed by atoms with van der Waals surface area (Å²) < 4.78 is 4.24. The molecular formula is C6H3N3O3. The number of aromatic amines is 1. The third-order valence-electron chi connectivity index (χ3n) is 1.34. The summed E-state index contributed by atoms with van der Waals surface area (Å²) in [7, 11) is 0. The lowest BCUT2D eigenvalue weighted by Gasteiger charge is -1.89. The molecule has 60 valence electrons. The highest BCUT2D eigenvalue weighted by molar-refractivity contribution is 5.70. The molecule has 0 aromatic carbocycles. The van der Waals surface area contributed by atoms with Crippen LogP contribution in [0.5, 0.6) is 0 Å². The second-order valence-corrected chi connectivity index (χ2v) is 2.09. The van der Waals surface area contributed by atoms with E-state index >= 15 is 0 Å². The number of nitrogens with zero attached hydrogens (tertiary/aromatic N) is 2. The van der Waals surface area contributed by atoms with Gasteiger partial charge in [-0.25, -0.2) is 19.6 Å². The van der Waals surface area contributed by atoms with Gasteiger partial charge in [-0.2, -0.15) is 0 Å². The number of H-pyrrole nitrogens is 1. The molecule has 0 saturated heterocycles. The molecule has 2 rings (SSSR count). The van der Waals surface area contributed by atoms with Gasteiger partial charge in [0.1, 0.15) is 11.7 Å². The van der Waals surface area contributed by atoms with Crippen LogP contribution < -0.4 is 11.4 Å². The maximum atomic E-state index is 10.9. The molecule has 0 aliphatic carbocycles. The zero-order chi connectivity index (χ0) is 8.55. The summed E-state index contributed by atoms with van der Waals surface area (Å²) in [6, 6.07) is 0. The first kappa shape index (κ1) is 6.71. The van der Waals surface area contributed by atoms with Gasteiger partial charge in [0.25, 0.3) is 0 Å². The van der Waals surface area contributed by atoms with Crippen LogP contribution in [0.2, 0.25) is 0 Å². The van der Waals surface area contributed by atoms with Crippen molar-refractivity contribution in [2.45, 2.75) is 0 Å². The summed E-state index contributed by atoms with van der Waals surface area (Å²) in [6.45, 7) is 0. The lowest BCUT2D eigenvalue weighted by Crippen LogP contribution is -2.15. The van der Waals surface area contributed by atoms with Crippen molar-refractivity contribution in [2.24, 2.45) is 0 Å². The predicted octanol–water partition coefficient (Wildman–Crippen LogP) is -0.729. The fraction of sp³-hybridized carbons (Fsp3) is 0. The maximum absolute atomic E-state index is 10.9. The van der Waals surface area contributed by atoms with Gasteiger partial charge >= 0.3 is 11.4 Å². The van der Waals surface area contributed by atoms with Gasteiger partial charge in [-0.1, -0.05) is 0 Å². The van der Waals surface area contributed by atoms with Gasteiger partial charge in [-0.15, -0.1) is 0 Å². The number of aromatic nitrogens is 3. The molecule has 0 bridgehead atoms. The Morgan fingerprint density at radius 3 is 3.08 bits per heavy atom. The molecule has 0 aliphatic rings. The van der Waals surface area contributed by atoms with E-state index in [0.29, 0.717) is 0 Å². The van der Waals surface area contributed by atoms with Crippen LogP contribution >= 0.6 is 0 Å². The smallest absolute Gasteiger partial charge is 0.372 e. The number of rotatable bonds is 0. The van der Waals surface area contributed by atoms with Crippen LogP contribution in [-0.4, -0.2) is 15.0 Å². The summed E-state index contributed by atoms with van der Waals surface area (Å²) in [5.41, 5.74) is -0.541. The molecular weight excluding hydrogens is 162 g/mol. The monoisotopic (exact) mass is 165 g/mol. The van der Waals surface area contributed by atoms with E-state index in [9.17, 15) is 9.59 Å². The van der Waals surface area contributed by atoms with E-state index in [0.717, 1.165) is 0 Å². The van der Waals surface area contributed by atoms with Crippen molar-refractivity contribution < 1.29 is 4.42 Å². The van der Waals surface area contributed by atoms with Crippen molar-refractivity contribution in [3.05, 3.63) is 33.5 Å². The lowest BCUT2D eigenvalue weighted by atomic mass is 10.4. The topological polar surface area (TPSA) is 88.9 Å². The second kappa shape index (κ2) is 2.26. The van der Waals surface area contributed by atoms with Crippen molar-refractivity contribution in [1.29, 1.82) is 0 Å². The molecule has 0 atom stereocenters. The molecule has 2 heterocycles. The first-order chi connectivity index (χ1) is 5.77. The molecule has 0 radical (unpaired) electrons. The Labute approximate surface area is 64.9 Å². The highest BCUT2D eigenvalue weighted by Gasteiger charge is 2.01. The third kappa shape index (κ3) is 0.895. The van der Waals surface area contributed by atoms with E-state index in [1.807, 2.05) is 0 Å². The van der Waals surface area contributed by atoms with Gasteiger partial charge in [0, 0.05) is 6.20 Å². The Hall–Kier alpha value is -1.98. The van der Waals surface area contributed by atoms with E-state index in [1.165, 1.54) is 12.5 Å². The van der Waals surface area contributed by atoms with Crippen LogP contribution in [0.15, 0.2) is 26.5 Å². The highest BCUT2D eigenvalue weighted by Crippen LogP contribution is 1.94. The minimum absolute atomic E-state index is 0.164. The van der Waals surface area contributed by atoms with Gasteiger partial charge in [-0.3, -0.25) is 4.98 Å². The van der Waals surface area contributed by atoms with Crippen LogP contribution in [0.1, 0.15) is 0 Å². The number of fused-ring (bicyclic) bond motifs is 1. The van der Waals surface area contributed by atoms with Gasteiger partial charge in [-0.05, 0) is 0 Å². The summed E-state index contributed by atoms with van der Waals surface area (Å²) in [5, 5.41) is 0.164. The molecule has 2 aromatic rings. The summed E-state index contributed by atoms with van der Waals surface area (Å²) in [5.74, 6) is -0.814. The van der Waals surface area contributed by atoms with Gasteiger partial charge in [0.2, 0.25) is 0 Å². The predicted molar refractivity (Wildman–Crippen MR) is 38.7 cm³/mol. The van der Waals surface area contributed by atoms with Gasteiger partial charge in [0.15, 0.2) is 5.65 Å². The highest BCUT2D eigenvalue weighted by atomic mass is 16.4. The zero-order valence-corrected chi connectivity index (χ0v) is 5.77. The van der Waals surface area contributed by atoms with E-state index in [1.54, 1.807) is 0 Å². The third-order valence-corrected chi connectivity index (χ3v) is 1.34. The summed E-state index contributed by atoms with van der Waals surface area (Å²) in [4.78, 5) is 31.1. The Bertz CT molecular complexity index is 527. The minimum Gasteiger partial charge on any atom is -0.372 e. The maximum Gasteiger partial charge on any atom is 0.420 e. The van der Waals surface area contributed by atoms with Crippen LogP contribution in [0.4, 0.5) is 0 Å². The van der Waals surface area contributed by atoms with Crippen molar-refractivity contribution in [2.75, 3.05) is 0 Å².